The Bertz CT molecular complexity index is 2020. The number of imidazole rings is 1. The van der Waals surface area contributed by atoms with Gasteiger partial charge in [0.1, 0.15) is 36.3 Å². The number of primary amides is 1. The van der Waals surface area contributed by atoms with Gasteiger partial charge in [0.2, 0.25) is 41.4 Å². The SMILES string of the molecule is CC[C@H](C)[C@H](NC(=O)[C@H](Cc1ccccc1)NC(=O)[C@H](CO)NC(=O)[C@@H]1CCCN1C(=O)[C@H](Cc1c[nH]cn1)NC(=O)[C@H](CCC(N)=O)NC(=O)[C@@H](N)Cc1ccccc1)C(=O)O. The molecule has 340 valence electrons. The van der Waals surface area contributed by atoms with Gasteiger partial charge in [0.05, 0.1) is 24.7 Å². The summed E-state index contributed by atoms with van der Waals surface area (Å²) in [4.78, 5) is 114. The zero-order valence-corrected chi connectivity index (χ0v) is 35.3. The van der Waals surface area contributed by atoms with Crippen LogP contribution in [0.1, 0.15) is 62.8 Å². The molecule has 2 heterocycles. The minimum atomic E-state index is -1.59. The average Bonchev–Trinajstić information content (AvgIpc) is 3.98. The van der Waals surface area contributed by atoms with Crippen molar-refractivity contribution in [3.05, 3.63) is 90.0 Å². The van der Waals surface area contributed by atoms with Crippen LogP contribution in [0.2, 0.25) is 0 Å². The maximum atomic E-state index is 14.3. The molecule has 1 aromatic heterocycles. The summed E-state index contributed by atoms with van der Waals surface area (Å²) in [7, 11) is 0. The third-order valence-corrected chi connectivity index (χ3v) is 10.9. The number of aromatic amines is 1. The van der Waals surface area contributed by atoms with Gasteiger partial charge in [-0.05, 0) is 42.7 Å². The Kier molecular flexibility index (Phi) is 18.7. The molecule has 7 amide bonds. The maximum Gasteiger partial charge on any atom is 0.326 e. The van der Waals surface area contributed by atoms with E-state index in [-0.39, 0.29) is 45.1 Å². The molecule has 0 unspecified atom stereocenters. The topological polar surface area (TPSA) is 321 Å². The summed E-state index contributed by atoms with van der Waals surface area (Å²) in [6.07, 6.45) is 3.33. The van der Waals surface area contributed by atoms with Crippen LogP contribution in [-0.4, -0.2) is 128 Å². The van der Waals surface area contributed by atoms with Crippen LogP contribution in [0.25, 0.3) is 0 Å². The van der Waals surface area contributed by atoms with Gasteiger partial charge < -0.3 is 58.1 Å². The molecule has 1 aliphatic rings. The lowest BCUT2D eigenvalue weighted by Gasteiger charge is -2.30. The minimum absolute atomic E-state index is 0.0427. The highest BCUT2D eigenvalue weighted by atomic mass is 16.4. The van der Waals surface area contributed by atoms with Crippen molar-refractivity contribution >= 4 is 47.3 Å². The molecule has 20 nitrogen and oxygen atoms in total. The van der Waals surface area contributed by atoms with Crippen LogP contribution in [-0.2, 0) is 57.6 Å². The molecule has 8 atom stereocenters. The summed E-state index contributed by atoms with van der Waals surface area (Å²) in [5, 5.41) is 32.9. The number of hydrogen-bond acceptors (Lipinski definition) is 11. The van der Waals surface area contributed by atoms with Crippen LogP contribution in [0.3, 0.4) is 0 Å². The lowest BCUT2D eigenvalue weighted by atomic mass is 9.98. The molecule has 4 rings (SSSR count). The lowest BCUT2D eigenvalue weighted by molar-refractivity contribution is -0.144. The van der Waals surface area contributed by atoms with Gasteiger partial charge in [0, 0.05) is 32.0 Å². The molecule has 0 spiro atoms. The molecule has 1 saturated heterocycles. The number of nitrogens with one attached hydrogen (secondary N) is 6. The smallest absolute Gasteiger partial charge is 0.326 e. The quantitative estimate of drug-likeness (QED) is 0.0496. The number of hydrogen-bond donors (Lipinski definition) is 10. The zero-order valence-electron chi connectivity index (χ0n) is 35.3. The number of H-pyrrole nitrogens is 1. The number of carboxylic acid groups (broad SMARTS) is 1. The Balaban J connectivity index is 1.49. The summed E-state index contributed by atoms with van der Waals surface area (Å²) < 4.78 is 0. The van der Waals surface area contributed by atoms with E-state index in [9.17, 15) is 48.6 Å². The van der Waals surface area contributed by atoms with Gasteiger partial charge in [-0.3, -0.25) is 33.6 Å². The van der Waals surface area contributed by atoms with Crippen molar-refractivity contribution in [2.24, 2.45) is 17.4 Å². The standard InChI is InChI=1S/C43H58N10O10/c1-3-25(2)36(43(62)63)52-39(58)31(20-27-13-8-5-9-14-27)49-40(59)33(23-54)51-41(60)34-15-10-18-53(34)42(61)32(21-28-22-46-24-47-28)50-38(57)30(16-17-35(45)55)48-37(56)29(44)19-26-11-6-4-7-12-26/h4-9,11-14,22,24-25,29-34,36,54H,3,10,15-21,23,44H2,1-2H3,(H2,45,55)(H,46,47)(H,48,56)(H,49,59)(H,50,57)(H,51,60)(H,52,58)(H,62,63)/t25-,29-,30-,31-,32-,33-,34-,36-/m0/s1. The second-order valence-corrected chi connectivity index (χ2v) is 15.6. The number of rotatable bonds is 24. The molecule has 0 radical (unpaired) electrons. The monoisotopic (exact) mass is 874 g/mol. The minimum Gasteiger partial charge on any atom is -0.480 e. The van der Waals surface area contributed by atoms with Gasteiger partial charge in [0.25, 0.3) is 0 Å². The first-order valence-corrected chi connectivity index (χ1v) is 20.9. The number of aliphatic hydroxyl groups excluding tert-OH is 1. The summed E-state index contributed by atoms with van der Waals surface area (Å²) in [5.41, 5.74) is 13.3. The highest BCUT2D eigenvalue weighted by molar-refractivity contribution is 5.97. The summed E-state index contributed by atoms with van der Waals surface area (Å²) in [5.74, 6) is -7.14. The second-order valence-electron chi connectivity index (χ2n) is 15.6. The average molecular weight is 875 g/mol. The Morgan fingerprint density at radius 1 is 0.794 bits per heavy atom. The van der Waals surface area contributed by atoms with Crippen LogP contribution < -0.4 is 38.1 Å². The van der Waals surface area contributed by atoms with Gasteiger partial charge >= 0.3 is 5.97 Å². The molecule has 0 bridgehead atoms. The van der Waals surface area contributed by atoms with Crippen LogP contribution >= 0.6 is 0 Å². The lowest BCUT2D eigenvalue weighted by Crippen LogP contribution is -2.60. The number of aliphatic carboxylic acids is 1. The fraction of sp³-hybridized carbons (Fsp3) is 0.465. The largest absolute Gasteiger partial charge is 0.480 e. The summed E-state index contributed by atoms with van der Waals surface area (Å²) in [6.45, 7) is 2.63. The van der Waals surface area contributed by atoms with E-state index in [2.05, 4.69) is 36.6 Å². The third-order valence-electron chi connectivity index (χ3n) is 10.9. The number of nitrogens with zero attached hydrogens (tertiary/aromatic N) is 2. The Labute approximate surface area is 364 Å². The van der Waals surface area contributed by atoms with Crippen molar-refractivity contribution in [1.29, 1.82) is 0 Å². The normalized spacial score (nSPS) is 16.8. The number of aromatic nitrogens is 2. The Hall–Kier alpha value is -6.67. The Morgan fingerprint density at radius 2 is 1.38 bits per heavy atom. The summed E-state index contributed by atoms with van der Waals surface area (Å²) >= 11 is 0. The van der Waals surface area contributed by atoms with E-state index in [1.165, 1.54) is 17.4 Å². The fourth-order valence-electron chi connectivity index (χ4n) is 7.11. The van der Waals surface area contributed by atoms with Crippen LogP contribution in [0.5, 0.6) is 0 Å². The molecule has 3 aromatic rings. The van der Waals surface area contributed by atoms with Gasteiger partial charge in [-0.1, -0.05) is 80.9 Å². The molecule has 12 N–H and O–H groups in total. The predicted octanol–water partition coefficient (Wildman–Crippen LogP) is -1.43. The first kappa shape index (κ1) is 49.0. The molecule has 1 aliphatic heterocycles. The number of amides is 7. The molecule has 1 fully saturated rings. The van der Waals surface area contributed by atoms with Crippen molar-refractivity contribution in [3.63, 3.8) is 0 Å². The number of carbonyl (C=O) groups is 8. The number of likely N-dealkylation sites (tertiary alicyclic amines) is 1. The molecule has 63 heavy (non-hydrogen) atoms. The zero-order chi connectivity index (χ0) is 46.1. The van der Waals surface area contributed by atoms with Gasteiger partial charge in [-0.15, -0.1) is 0 Å². The highest BCUT2D eigenvalue weighted by Crippen LogP contribution is 2.20. The number of carboxylic acids is 1. The first-order chi connectivity index (χ1) is 30.1. The van der Waals surface area contributed by atoms with Crippen LogP contribution in [0.4, 0.5) is 0 Å². The second kappa shape index (κ2) is 24.1. The Morgan fingerprint density at radius 3 is 1.95 bits per heavy atom. The van der Waals surface area contributed by atoms with Crippen molar-refractivity contribution in [1.82, 2.24) is 41.5 Å². The highest BCUT2D eigenvalue weighted by Gasteiger charge is 2.40. The molecule has 0 aliphatic carbocycles. The van der Waals surface area contributed by atoms with Crippen LogP contribution in [0.15, 0.2) is 73.2 Å². The van der Waals surface area contributed by atoms with E-state index in [1.54, 1.807) is 68.4 Å². The van der Waals surface area contributed by atoms with Crippen LogP contribution in [0, 0.1) is 5.92 Å². The van der Waals surface area contributed by atoms with E-state index in [4.69, 9.17) is 11.5 Å². The molecule has 20 heteroatoms. The van der Waals surface area contributed by atoms with Crippen molar-refractivity contribution < 1.29 is 48.6 Å². The van der Waals surface area contributed by atoms with E-state index in [1.807, 2.05) is 6.07 Å². The van der Waals surface area contributed by atoms with Crippen molar-refractivity contribution in [3.8, 4) is 0 Å². The van der Waals surface area contributed by atoms with Gasteiger partial charge in [-0.25, -0.2) is 9.78 Å². The number of carbonyl (C=O) groups excluding carboxylic acids is 7. The maximum absolute atomic E-state index is 14.3. The molecular weight excluding hydrogens is 817 g/mol. The van der Waals surface area contributed by atoms with E-state index < -0.39 is 102 Å². The number of benzene rings is 2. The third kappa shape index (κ3) is 14.7. The number of aliphatic hydroxyl groups is 1. The van der Waals surface area contributed by atoms with Crippen molar-refractivity contribution in [2.75, 3.05) is 13.2 Å². The molecule has 2 aromatic carbocycles. The predicted molar refractivity (Wildman–Crippen MR) is 228 cm³/mol. The van der Waals surface area contributed by atoms with Crippen molar-refractivity contribution in [2.45, 2.75) is 108 Å². The fourth-order valence-corrected chi connectivity index (χ4v) is 7.11. The van der Waals surface area contributed by atoms with E-state index in [0.717, 1.165) is 5.56 Å². The first-order valence-electron chi connectivity index (χ1n) is 20.9. The van der Waals surface area contributed by atoms with E-state index >= 15 is 0 Å². The van der Waals surface area contributed by atoms with Gasteiger partial charge in [0.15, 0.2) is 0 Å². The number of nitrogens with two attached hydrogens (primary N) is 2. The molecule has 0 saturated carbocycles. The summed E-state index contributed by atoms with van der Waals surface area (Å²) in [6, 6.07) is 8.60. The molecular formula is C43H58N10O10. The van der Waals surface area contributed by atoms with E-state index in [0.29, 0.717) is 24.1 Å². The van der Waals surface area contributed by atoms with Gasteiger partial charge in [-0.2, -0.15) is 0 Å².